The van der Waals surface area contributed by atoms with Gasteiger partial charge in [-0.1, -0.05) is 69.5 Å². The van der Waals surface area contributed by atoms with Crippen molar-refractivity contribution >= 4 is 11.9 Å². The van der Waals surface area contributed by atoms with Crippen LogP contribution in [0.3, 0.4) is 0 Å². The summed E-state index contributed by atoms with van der Waals surface area (Å²) in [5, 5.41) is 3.36. The van der Waals surface area contributed by atoms with Crippen molar-refractivity contribution in [3.63, 3.8) is 0 Å². The SMILES string of the molecule is C=Cc1ccc(C(=NCCCCCCC)NCC)cc1. The Hall–Kier alpha value is -1.57. The maximum Gasteiger partial charge on any atom is 0.128 e. The first-order valence-electron chi connectivity index (χ1n) is 7.83. The molecule has 0 saturated heterocycles. The zero-order chi connectivity index (χ0) is 14.6. The van der Waals surface area contributed by atoms with E-state index >= 15 is 0 Å². The topological polar surface area (TPSA) is 24.4 Å². The minimum Gasteiger partial charge on any atom is -0.370 e. The molecule has 0 spiro atoms. The second kappa shape index (κ2) is 10.2. The van der Waals surface area contributed by atoms with Gasteiger partial charge in [0, 0.05) is 18.7 Å². The number of aliphatic imine (C=N–C) groups is 1. The van der Waals surface area contributed by atoms with Crippen LogP contribution in [0.1, 0.15) is 57.1 Å². The third-order valence-corrected chi connectivity index (χ3v) is 3.30. The van der Waals surface area contributed by atoms with Gasteiger partial charge in [0.05, 0.1) is 0 Å². The lowest BCUT2D eigenvalue weighted by Gasteiger charge is -2.09. The van der Waals surface area contributed by atoms with Crippen molar-refractivity contribution in [2.75, 3.05) is 13.1 Å². The molecule has 1 aromatic rings. The highest BCUT2D eigenvalue weighted by molar-refractivity contribution is 5.98. The molecule has 0 aliphatic rings. The number of nitrogens with one attached hydrogen (secondary N) is 1. The summed E-state index contributed by atoms with van der Waals surface area (Å²) in [5.41, 5.74) is 2.30. The molecule has 0 amide bonds. The van der Waals surface area contributed by atoms with Crippen LogP contribution in [0.15, 0.2) is 35.8 Å². The van der Waals surface area contributed by atoms with Gasteiger partial charge in [0.1, 0.15) is 5.84 Å². The zero-order valence-corrected chi connectivity index (χ0v) is 13.0. The van der Waals surface area contributed by atoms with Crippen molar-refractivity contribution in [2.45, 2.75) is 46.0 Å². The molecule has 0 fully saturated rings. The van der Waals surface area contributed by atoms with Crippen LogP contribution in [0.2, 0.25) is 0 Å². The van der Waals surface area contributed by atoms with Crippen molar-refractivity contribution in [1.29, 1.82) is 0 Å². The molecular formula is C18H28N2. The van der Waals surface area contributed by atoms with Crippen molar-refractivity contribution in [1.82, 2.24) is 5.32 Å². The molecule has 0 aliphatic heterocycles. The van der Waals surface area contributed by atoms with Crippen molar-refractivity contribution in [3.8, 4) is 0 Å². The Morgan fingerprint density at radius 3 is 2.40 bits per heavy atom. The van der Waals surface area contributed by atoms with Gasteiger partial charge < -0.3 is 5.32 Å². The summed E-state index contributed by atoms with van der Waals surface area (Å²) < 4.78 is 0. The number of amidine groups is 1. The molecule has 110 valence electrons. The van der Waals surface area contributed by atoms with E-state index in [9.17, 15) is 0 Å². The quantitative estimate of drug-likeness (QED) is 0.395. The summed E-state index contributed by atoms with van der Waals surface area (Å²) in [6.45, 7) is 9.94. The first-order valence-corrected chi connectivity index (χ1v) is 7.83. The normalized spacial score (nSPS) is 11.4. The summed E-state index contributed by atoms with van der Waals surface area (Å²) in [6, 6.07) is 8.37. The number of unbranched alkanes of at least 4 members (excludes halogenated alkanes) is 4. The highest BCUT2D eigenvalue weighted by Crippen LogP contribution is 2.07. The van der Waals surface area contributed by atoms with Crippen LogP contribution in [0, 0.1) is 0 Å². The molecule has 0 unspecified atom stereocenters. The molecule has 1 rings (SSSR count). The highest BCUT2D eigenvalue weighted by atomic mass is 15.0. The van der Waals surface area contributed by atoms with E-state index in [1.54, 1.807) is 0 Å². The molecule has 20 heavy (non-hydrogen) atoms. The molecule has 0 heterocycles. The lowest BCUT2D eigenvalue weighted by atomic mass is 10.1. The molecule has 1 N–H and O–H groups in total. The largest absolute Gasteiger partial charge is 0.370 e. The van der Waals surface area contributed by atoms with Crippen LogP contribution in [0.4, 0.5) is 0 Å². The van der Waals surface area contributed by atoms with E-state index in [0.717, 1.165) is 30.1 Å². The average molecular weight is 272 g/mol. The first kappa shape index (κ1) is 16.5. The molecule has 2 heteroatoms. The zero-order valence-electron chi connectivity index (χ0n) is 13.0. The summed E-state index contributed by atoms with van der Waals surface area (Å²) in [5.74, 6) is 1.01. The minimum atomic E-state index is 0.901. The Bertz CT molecular complexity index is 404. The van der Waals surface area contributed by atoms with E-state index in [1.165, 1.54) is 32.1 Å². The summed E-state index contributed by atoms with van der Waals surface area (Å²) >= 11 is 0. The Kier molecular flexibility index (Phi) is 8.44. The van der Waals surface area contributed by atoms with E-state index in [-0.39, 0.29) is 0 Å². The molecule has 2 nitrogen and oxygen atoms in total. The van der Waals surface area contributed by atoms with Crippen LogP contribution >= 0.6 is 0 Å². The van der Waals surface area contributed by atoms with Crippen LogP contribution in [-0.4, -0.2) is 18.9 Å². The predicted octanol–water partition coefficient (Wildman–Crippen LogP) is 4.66. The fraction of sp³-hybridized carbons (Fsp3) is 0.500. The van der Waals surface area contributed by atoms with Crippen molar-refractivity contribution in [2.24, 2.45) is 4.99 Å². The minimum absolute atomic E-state index is 0.901. The fourth-order valence-corrected chi connectivity index (χ4v) is 2.10. The average Bonchev–Trinajstić information content (AvgIpc) is 2.50. The maximum absolute atomic E-state index is 4.72. The van der Waals surface area contributed by atoms with Gasteiger partial charge in [-0.05, 0) is 18.9 Å². The number of hydrogen-bond acceptors (Lipinski definition) is 1. The third-order valence-electron chi connectivity index (χ3n) is 3.30. The van der Waals surface area contributed by atoms with E-state index in [0.29, 0.717) is 0 Å². The van der Waals surface area contributed by atoms with Crippen LogP contribution in [0.5, 0.6) is 0 Å². The Morgan fingerprint density at radius 1 is 1.10 bits per heavy atom. The van der Waals surface area contributed by atoms with Gasteiger partial charge in [0.25, 0.3) is 0 Å². The molecule has 0 atom stereocenters. The molecule has 0 aromatic heterocycles. The van der Waals surface area contributed by atoms with E-state index in [4.69, 9.17) is 4.99 Å². The summed E-state index contributed by atoms with van der Waals surface area (Å²) in [4.78, 5) is 4.72. The van der Waals surface area contributed by atoms with E-state index in [1.807, 2.05) is 6.08 Å². The predicted molar refractivity (Wildman–Crippen MR) is 90.4 cm³/mol. The standard InChI is InChI=1S/C18H28N2/c1-4-7-8-9-10-15-20-18(19-6-3)17-13-11-16(5-2)12-14-17/h5,11-14H,2,4,6-10,15H2,1,3H3,(H,19,20). The van der Waals surface area contributed by atoms with Crippen molar-refractivity contribution in [3.05, 3.63) is 42.0 Å². The van der Waals surface area contributed by atoms with E-state index in [2.05, 4.69) is 50.0 Å². The molecule has 0 saturated carbocycles. The van der Waals surface area contributed by atoms with Gasteiger partial charge in [0.15, 0.2) is 0 Å². The first-order chi connectivity index (χ1) is 9.81. The second-order valence-corrected chi connectivity index (χ2v) is 5.00. The molecule has 0 radical (unpaired) electrons. The van der Waals surface area contributed by atoms with Gasteiger partial charge in [-0.25, -0.2) is 0 Å². The van der Waals surface area contributed by atoms with Gasteiger partial charge in [-0.3, -0.25) is 4.99 Å². The van der Waals surface area contributed by atoms with Gasteiger partial charge in [0.2, 0.25) is 0 Å². The molecular weight excluding hydrogens is 244 g/mol. The number of hydrogen-bond donors (Lipinski definition) is 1. The number of nitrogens with zero attached hydrogens (tertiary/aromatic N) is 1. The van der Waals surface area contributed by atoms with Crippen molar-refractivity contribution < 1.29 is 0 Å². The molecule has 0 bridgehead atoms. The summed E-state index contributed by atoms with van der Waals surface area (Å²) in [6.07, 6.45) is 8.29. The van der Waals surface area contributed by atoms with Crippen LogP contribution in [-0.2, 0) is 0 Å². The molecule has 1 aromatic carbocycles. The lowest BCUT2D eigenvalue weighted by molar-refractivity contribution is 0.638. The molecule has 0 aliphatic carbocycles. The Morgan fingerprint density at radius 2 is 1.80 bits per heavy atom. The Balaban J connectivity index is 2.55. The lowest BCUT2D eigenvalue weighted by Crippen LogP contribution is -2.24. The Labute approximate surface area is 124 Å². The number of rotatable bonds is 9. The fourth-order valence-electron chi connectivity index (χ4n) is 2.10. The maximum atomic E-state index is 4.72. The van der Waals surface area contributed by atoms with Gasteiger partial charge in [-0.15, -0.1) is 0 Å². The second-order valence-electron chi connectivity index (χ2n) is 5.00. The van der Waals surface area contributed by atoms with Gasteiger partial charge in [-0.2, -0.15) is 0 Å². The van der Waals surface area contributed by atoms with Crippen LogP contribution < -0.4 is 5.32 Å². The number of benzene rings is 1. The van der Waals surface area contributed by atoms with Crippen LogP contribution in [0.25, 0.3) is 6.08 Å². The van der Waals surface area contributed by atoms with Gasteiger partial charge >= 0.3 is 0 Å². The van der Waals surface area contributed by atoms with E-state index < -0.39 is 0 Å². The summed E-state index contributed by atoms with van der Waals surface area (Å²) in [7, 11) is 0. The third kappa shape index (κ3) is 6.05. The highest BCUT2D eigenvalue weighted by Gasteiger charge is 2.01. The smallest absolute Gasteiger partial charge is 0.128 e. The monoisotopic (exact) mass is 272 g/mol.